The number of carboxylic acid groups (broad SMARTS) is 1. The van der Waals surface area contributed by atoms with Crippen LogP contribution in [0.25, 0.3) is 0 Å². The maximum absolute atomic E-state index is 16.9. The number of hydrogen-bond donors (Lipinski definition) is 2. The minimum Gasteiger partial charge on any atom is -0.478 e. The zero-order chi connectivity index (χ0) is 21.4. The van der Waals surface area contributed by atoms with Crippen LogP contribution in [0.15, 0.2) is 23.8 Å². The molecule has 4 rings (SSSR count). The van der Waals surface area contributed by atoms with Crippen LogP contribution < -0.4 is 0 Å². The minimum atomic E-state index is -2.03. The zero-order valence-electron chi connectivity index (χ0n) is 16.9. The van der Waals surface area contributed by atoms with Crippen LogP contribution >= 0.6 is 0 Å². The van der Waals surface area contributed by atoms with Gasteiger partial charge in [-0.15, -0.1) is 0 Å². The second-order valence-corrected chi connectivity index (χ2v) is 9.66. The molecule has 6 nitrogen and oxygen atoms in total. The van der Waals surface area contributed by atoms with Crippen molar-refractivity contribution in [2.75, 3.05) is 0 Å². The Morgan fingerprint density at radius 3 is 2.66 bits per heavy atom. The molecular weight excluding hydrogens is 379 g/mol. The lowest BCUT2D eigenvalue weighted by atomic mass is 9.45. The van der Waals surface area contributed by atoms with E-state index in [1.54, 1.807) is 26.8 Å². The van der Waals surface area contributed by atoms with Gasteiger partial charge in [0.05, 0.1) is 6.10 Å². The highest BCUT2D eigenvalue weighted by Gasteiger charge is 2.77. The third-order valence-electron chi connectivity index (χ3n) is 8.73. The van der Waals surface area contributed by atoms with Crippen molar-refractivity contribution in [2.24, 2.45) is 28.6 Å². The molecule has 0 aromatic carbocycles. The van der Waals surface area contributed by atoms with Crippen LogP contribution in [-0.2, 0) is 19.1 Å². The number of hydrogen-bond acceptors (Lipinski definition) is 5. The van der Waals surface area contributed by atoms with Crippen molar-refractivity contribution >= 4 is 18.2 Å². The molecule has 0 bridgehead atoms. The highest BCUT2D eigenvalue weighted by Crippen LogP contribution is 2.71. The first kappa shape index (κ1) is 20.3. The number of ketones is 1. The van der Waals surface area contributed by atoms with Gasteiger partial charge < -0.3 is 14.9 Å². The molecule has 3 saturated carbocycles. The van der Waals surface area contributed by atoms with Crippen LogP contribution in [0.3, 0.4) is 0 Å². The number of aliphatic hydroxyl groups excluding tert-OH is 1. The second kappa shape index (κ2) is 6.00. The molecule has 0 heterocycles. The van der Waals surface area contributed by atoms with E-state index in [-0.39, 0.29) is 24.6 Å². The van der Waals surface area contributed by atoms with Crippen molar-refractivity contribution in [1.29, 1.82) is 0 Å². The lowest BCUT2D eigenvalue weighted by molar-refractivity contribution is -0.230. The molecule has 4 aliphatic carbocycles. The van der Waals surface area contributed by atoms with E-state index in [9.17, 15) is 24.6 Å². The average Bonchev–Trinajstić information content (AvgIpc) is 2.86. The molecule has 0 spiro atoms. The lowest BCUT2D eigenvalue weighted by Crippen LogP contribution is -2.69. The molecule has 0 aromatic rings. The van der Waals surface area contributed by atoms with Gasteiger partial charge in [0.2, 0.25) is 5.60 Å². The molecule has 0 radical (unpaired) electrons. The Morgan fingerprint density at radius 2 is 2.03 bits per heavy atom. The summed E-state index contributed by atoms with van der Waals surface area (Å²) in [7, 11) is 0. The lowest BCUT2D eigenvalue weighted by Gasteiger charge is -2.62. The predicted molar refractivity (Wildman–Crippen MR) is 100 cm³/mol. The van der Waals surface area contributed by atoms with E-state index in [4.69, 9.17) is 4.74 Å². The maximum atomic E-state index is 16.9. The Bertz CT molecular complexity index is 850. The van der Waals surface area contributed by atoms with E-state index >= 15 is 4.39 Å². The largest absolute Gasteiger partial charge is 0.478 e. The Hall–Kier alpha value is -2.02. The number of ether oxygens (including phenoxy) is 1. The second-order valence-electron chi connectivity index (χ2n) is 9.66. The standard InChI is InChI=1S/C22H27FO6/c1-12-8-16-15-5-4-13-9-14(25)6-7-19(13,2)21(15,23)17(26)10-20(16,3)22(12,18(27)28)29-11-24/h6-7,9,11-12,15-17,26H,4-5,8,10H2,1-3H3,(H,27,28)/t12-,15-,16-,17-,19-,20-,21-,22-/m0/s1. The van der Waals surface area contributed by atoms with Crippen LogP contribution in [0.5, 0.6) is 0 Å². The number of aliphatic carboxylic acids is 1. The summed E-state index contributed by atoms with van der Waals surface area (Å²) in [6.45, 7) is 5.28. The van der Waals surface area contributed by atoms with Gasteiger partial charge in [0, 0.05) is 22.7 Å². The number of alkyl halides is 1. The third kappa shape index (κ3) is 2.12. The Balaban J connectivity index is 1.86. The number of rotatable bonds is 3. The fourth-order valence-electron chi connectivity index (χ4n) is 7.36. The van der Waals surface area contributed by atoms with Crippen LogP contribution in [0.1, 0.15) is 46.5 Å². The van der Waals surface area contributed by atoms with Gasteiger partial charge in [-0.3, -0.25) is 9.59 Å². The van der Waals surface area contributed by atoms with Crippen molar-refractivity contribution in [3.05, 3.63) is 23.8 Å². The highest BCUT2D eigenvalue weighted by atomic mass is 19.1. The average molecular weight is 406 g/mol. The summed E-state index contributed by atoms with van der Waals surface area (Å²) in [5.41, 5.74) is -5.41. The smallest absolute Gasteiger partial charge is 0.349 e. The van der Waals surface area contributed by atoms with Gasteiger partial charge in [-0.05, 0) is 50.7 Å². The molecular formula is C22H27FO6. The van der Waals surface area contributed by atoms with Gasteiger partial charge in [0.1, 0.15) is 0 Å². The topological polar surface area (TPSA) is 101 Å². The number of fused-ring (bicyclic) bond motifs is 5. The Labute approximate surface area is 168 Å². The number of carboxylic acids is 1. The number of allylic oxidation sites excluding steroid dienone is 4. The SMILES string of the molecule is C[C@H]1C[C@H]2[C@@H]3CCC4=CC(=O)C=C[C@]4(C)[C@@]3(F)[C@@H](O)C[C@]2(C)[C@@]1(OC=O)C(=O)O. The van der Waals surface area contributed by atoms with E-state index in [0.717, 1.165) is 0 Å². The number of carbonyl (C=O) groups is 3. The molecule has 0 aromatic heterocycles. The van der Waals surface area contributed by atoms with Gasteiger partial charge in [0.25, 0.3) is 6.47 Å². The third-order valence-corrected chi connectivity index (χ3v) is 8.73. The van der Waals surface area contributed by atoms with Crippen LogP contribution in [-0.4, -0.2) is 45.8 Å². The maximum Gasteiger partial charge on any atom is 0.349 e. The summed E-state index contributed by atoms with van der Waals surface area (Å²) in [5, 5.41) is 21.2. The molecule has 3 fully saturated rings. The summed E-state index contributed by atoms with van der Waals surface area (Å²) >= 11 is 0. The molecule has 8 atom stereocenters. The van der Waals surface area contributed by atoms with Crippen molar-refractivity contribution in [1.82, 2.24) is 0 Å². The molecule has 4 aliphatic rings. The minimum absolute atomic E-state index is 0.139. The van der Waals surface area contributed by atoms with E-state index in [1.165, 1.54) is 12.2 Å². The Morgan fingerprint density at radius 1 is 1.34 bits per heavy atom. The van der Waals surface area contributed by atoms with E-state index in [0.29, 0.717) is 24.8 Å². The molecule has 158 valence electrons. The normalized spacial score (nSPS) is 50.8. The summed E-state index contributed by atoms with van der Waals surface area (Å²) in [4.78, 5) is 35.5. The molecule has 29 heavy (non-hydrogen) atoms. The van der Waals surface area contributed by atoms with Crippen LogP contribution in [0, 0.1) is 28.6 Å². The van der Waals surface area contributed by atoms with Crippen LogP contribution in [0.2, 0.25) is 0 Å². The quantitative estimate of drug-likeness (QED) is 0.699. The van der Waals surface area contributed by atoms with Crippen LogP contribution in [0.4, 0.5) is 4.39 Å². The van der Waals surface area contributed by atoms with Gasteiger partial charge in [-0.2, -0.15) is 0 Å². The van der Waals surface area contributed by atoms with Crippen molar-refractivity contribution in [3.63, 3.8) is 0 Å². The summed E-state index contributed by atoms with van der Waals surface area (Å²) in [6, 6.07) is 0. The van der Waals surface area contributed by atoms with Gasteiger partial charge in [0.15, 0.2) is 11.5 Å². The van der Waals surface area contributed by atoms with Gasteiger partial charge in [-0.1, -0.05) is 25.5 Å². The molecule has 2 N–H and O–H groups in total. The summed E-state index contributed by atoms with van der Waals surface area (Å²) in [5.74, 6) is -2.97. The summed E-state index contributed by atoms with van der Waals surface area (Å²) < 4.78 is 22.2. The van der Waals surface area contributed by atoms with Gasteiger partial charge in [-0.25, -0.2) is 9.18 Å². The van der Waals surface area contributed by atoms with Crippen molar-refractivity contribution in [2.45, 2.75) is 63.8 Å². The number of carbonyl (C=O) groups excluding carboxylic acids is 2. The predicted octanol–water partition coefficient (Wildman–Crippen LogP) is 2.60. The zero-order valence-corrected chi connectivity index (χ0v) is 16.9. The molecule has 0 unspecified atom stereocenters. The van der Waals surface area contributed by atoms with Crippen molar-refractivity contribution < 1.29 is 33.7 Å². The van der Waals surface area contributed by atoms with E-state index in [2.05, 4.69) is 0 Å². The molecule has 0 aliphatic heterocycles. The first-order valence-corrected chi connectivity index (χ1v) is 10.1. The van der Waals surface area contributed by atoms with E-state index < -0.39 is 46.0 Å². The van der Waals surface area contributed by atoms with E-state index in [1.807, 2.05) is 0 Å². The number of aliphatic hydroxyl groups is 1. The van der Waals surface area contributed by atoms with Crippen molar-refractivity contribution in [3.8, 4) is 0 Å². The first-order chi connectivity index (χ1) is 13.5. The fourth-order valence-corrected chi connectivity index (χ4v) is 7.36. The molecule has 0 amide bonds. The highest BCUT2D eigenvalue weighted by molar-refractivity contribution is 6.01. The fraction of sp³-hybridized carbons (Fsp3) is 0.682. The molecule has 0 saturated heterocycles. The Kier molecular flexibility index (Phi) is 4.19. The van der Waals surface area contributed by atoms with Gasteiger partial charge >= 0.3 is 5.97 Å². The molecule has 7 heteroatoms. The monoisotopic (exact) mass is 406 g/mol. The first-order valence-electron chi connectivity index (χ1n) is 10.1. The summed E-state index contributed by atoms with van der Waals surface area (Å²) in [6.07, 6.45) is 4.07. The number of halogens is 1.